The molecule has 3 saturated heterocycles. The van der Waals surface area contributed by atoms with Gasteiger partial charge in [0, 0.05) is 55.1 Å². The number of hydrogen-bond acceptors (Lipinski definition) is 10. The largest absolute Gasteiger partial charge is 0.542 e. The highest BCUT2D eigenvalue weighted by molar-refractivity contribution is 5.95. The molecule has 0 aliphatic carbocycles. The molecular weight excluding hydrogens is 872 g/mol. The number of piperidine rings is 1. The number of carbonyl (C=O) groups excluding carboxylic acids is 3. The number of aromatic amines is 1. The predicted octanol–water partition coefficient (Wildman–Crippen LogP) is 6.44. The number of halogens is 3. The van der Waals surface area contributed by atoms with Crippen molar-refractivity contribution < 1.29 is 56.8 Å². The number of ether oxygens (including phenoxy) is 2. The van der Waals surface area contributed by atoms with Crippen LogP contribution in [0, 0.1) is 0 Å². The smallest absolute Gasteiger partial charge is 0.430 e. The fraction of sp³-hybridized carbons (Fsp3) is 0.320. The second-order valence-electron chi connectivity index (χ2n) is 17.7. The van der Waals surface area contributed by atoms with Crippen molar-refractivity contribution >= 4 is 51.0 Å². The van der Waals surface area contributed by atoms with E-state index in [4.69, 9.17) is 19.4 Å². The number of aliphatic hydroxyl groups excluding tert-OH is 1. The summed E-state index contributed by atoms with van der Waals surface area (Å²) >= 11 is 0. The van der Waals surface area contributed by atoms with Crippen molar-refractivity contribution in [2.45, 2.75) is 81.3 Å². The molecule has 350 valence electrons. The van der Waals surface area contributed by atoms with Gasteiger partial charge in [0.2, 0.25) is 11.5 Å². The Hall–Kier alpha value is -6.79. The summed E-state index contributed by atoms with van der Waals surface area (Å²) in [6, 6.07) is 34.8. The molecule has 3 aliphatic rings. The molecular formula is C50H50F3N5O9. The van der Waals surface area contributed by atoms with Crippen LogP contribution in [0.15, 0.2) is 114 Å². The number of aliphatic hydroxyl groups is 1. The first-order chi connectivity index (χ1) is 31.9. The Bertz CT molecular complexity index is 2850. The summed E-state index contributed by atoms with van der Waals surface area (Å²) in [6.07, 6.45) is -2.85. The number of likely N-dealkylation sites (N-methyl/N-ethyl adjacent to an activating group) is 1. The van der Waals surface area contributed by atoms with Crippen molar-refractivity contribution in [1.82, 2.24) is 10.3 Å². The third-order valence-electron chi connectivity index (χ3n) is 12.9. The van der Waals surface area contributed by atoms with Crippen LogP contribution in [0.25, 0.3) is 32.8 Å². The van der Waals surface area contributed by atoms with Crippen LogP contribution in [0.4, 0.5) is 29.3 Å². The number of carboxylic acid groups (broad SMARTS) is 1. The van der Waals surface area contributed by atoms with Crippen molar-refractivity contribution in [2.24, 2.45) is 0 Å². The Morgan fingerprint density at radius 1 is 0.881 bits per heavy atom. The SMILES string of the molecule is C[N+]1(C)[C@@H]2C[C@@H](OC(=O)Nc3cc(CCCC(=O)Nc4ccc5cc(CNC[C@H](O)c6ccc(O)c7[nH]c(=O)ccc67)ccc5c4)ccc3-c3ccccc3)C[C@H]1[C@@H]1O[C@@H]12.O=C([O-])C(F)(F)F. The van der Waals surface area contributed by atoms with Crippen molar-refractivity contribution in [2.75, 3.05) is 31.3 Å². The molecule has 14 nitrogen and oxygen atoms in total. The monoisotopic (exact) mass is 921 g/mol. The number of amides is 2. The second-order valence-corrected chi connectivity index (χ2v) is 17.7. The number of aromatic nitrogens is 1. The molecule has 3 fully saturated rings. The van der Waals surface area contributed by atoms with Gasteiger partial charge in [-0.15, -0.1) is 0 Å². The first-order valence-electron chi connectivity index (χ1n) is 21.9. The Morgan fingerprint density at radius 2 is 1.57 bits per heavy atom. The lowest BCUT2D eigenvalue weighted by molar-refractivity contribution is -0.938. The van der Waals surface area contributed by atoms with Crippen molar-refractivity contribution in [3.8, 4) is 16.9 Å². The van der Waals surface area contributed by atoms with Crippen molar-refractivity contribution in [1.29, 1.82) is 0 Å². The summed E-state index contributed by atoms with van der Waals surface area (Å²) in [7, 11) is 4.52. The maximum Gasteiger partial charge on any atom is 0.430 e. The van der Waals surface area contributed by atoms with Gasteiger partial charge in [-0.1, -0.05) is 66.7 Å². The number of alkyl halides is 3. The summed E-state index contributed by atoms with van der Waals surface area (Å²) in [6.45, 7) is 0.787. The molecule has 67 heavy (non-hydrogen) atoms. The number of nitrogens with zero attached hydrogens (tertiary/aromatic N) is 1. The highest BCUT2D eigenvalue weighted by Crippen LogP contribution is 2.51. The van der Waals surface area contributed by atoms with E-state index >= 15 is 0 Å². The molecule has 2 bridgehead atoms. The number of aromatic hydroxyl groups is 1. The standard InChI is InChI=1S/C48H49N5O7.C2HF3O2/c1-53(2)39-24-34(25-40(53)47-46(39)60-47)59-48(58)51-38-22-28(12-16-35(38)30-8-4-3-5-9-30)7-6-10-43(56)50-33-15-14-31-21-29(11-13-32(31)23-33)26-49-27-42(55)36-17-19-41(54)45-37(36)18-20-44(57)52-45;3-2(4,5)1(6)7/h3-5,8-9,11-23,34,39-40,42,46-47,49,55H,6-7,10,24-27H2,1-2H3,(H3-,50,51,52,54,56,57,58);(H,6,7)/t34-,39-,40+,42-,46-,47+;/m0./s1. The highest BCUT2D eigenvalue weighted by Gasteiger charge is 2.70. The zero-order chi connectivity index (χ0) is 47.6. The van der Waals surface area contributed by atoms with Crippen LogP contribution in [0.5, 0.6) is 5.75 Å². The van der Waals surface area contributed by atoms with E-state index in [1.807, 2.05) is 72.8 Å². The summed E-state index contributed by atoms with van der Waals surface area (Å²) in [5.41, 5.74) is 5.93. The molecule has 0 radical (unpaired) electrons. The number of pyridine rings is 1. The number of benzene rings is 5. The van der Waals surface area contributed by atoms with Crippen LogP contribution >= 0.6 is 0 Å². The van der Waals surface area contributed by atoms with E-state index in [0.29, 0.717) is 60.0 Å². The number of quaternary nitrogens is 1. The lowest BCUT2D eigenvalue weighted by Gasteiger charge is -2.45. The molecule has 1 aromatic heterocycles. The molecule has 17 heteroatoms. The third kappa shape index (κ3) is 10.8. The number of phenolic OH excluding ortho intramolecular Hbond substituents is 1. The van der Waals surface area contributed by atoms with Crippen LogP contribution in [0.1, 0.15) is 48.5 Å². The first-order valence-corrected chi connectivity index (χ1v) is 21.9. The maximum atomic E-state index is 13.3. The van der Waals surface area contributed by atoms with Crippen LogP contribution in [0.2, 0.25) is 0 Å². The molecule has 5 aromatic carbocycles. The minimum Gasteiger partial charge on any atom is -0.542 e. The third-order valence-corrected chi connectivity index (χ3v) is 12.9. The number of aryl methyl sites for hydroxylation is 1. The van der Waals surface area contributed by atoms with Gasteiger partial charge < -0.3 is 49.7 Å². The van der Waals surface area contributed by atoms with Gasteiger partial charge in [-0.05, 0) is 82.3 Å². The Balaban J connectivity index is 0.000000807. The topological polar surface area (TPSA) is 205 Å². The van der Waals surface area contributed by atoms with Gasteiger partial charge in [0.15, 0.2) is 0 Å². The normalized spacial score (nSPS) is 20.5. The summed E-state index contributed by atoms with van der Waals surface area (Å²) in [5.74, 6) is -3.13. The Morgan fingerprint density at radius 3 is 2.28 bits per heavy atom. The quantitative estimate of drug-likeness (QED) is 0.0552. The molecule has 6 N–H and O–H groups in total. The molecule has 2 amide bonds. The number of nitrogens with one attached hydrogen (secondary N) is 4. The van der Waals surface area contributed by atoms with Gasteiger partial charge >= 0.3 is 12.3 Å². The van der Waals surface area contributed by atoms with E-state index in [1.54, 1.807) is 12.1 Å². The molecule has 0 spiro atoms. The zero-order valence-corrected chi connectivity index (χ0v) is 36.6. The zero-order valence-electron chi connectivity index (χ0n) is 36.6. The van der Waals surface area contributed by atoms with Gasteiger partial charge in [0.25, 0.3) is 0 Å². The molecule has 0 saturated carbocycles. The summed E-state index contributed by atoms with van der Waals surface area (Å²) in [5, 5.41) is 41.9. The molecule has 0 unspecified atom stereocenters. The summed E-state index contributed by atoms with van der Waals surface area (Å²) in [4.78, 5) is 49.6. The van der Waals surface area contributed by atoms with Crippen LogP contribution in [0.3, 0.4) is 0 Å². The average molecular weight is 922 g/mol. The predicted molar refractivity (Wildman–Crippen MR) is 243 cm³/mol. The van der Waals surface area contributed by atoms with E-state index < -0.39 is 24.3 Å². The number of epoxide rings is 1. The van der Waals surface area contributed by atoms with Gasteiger partial charge in [-0.2, -0.15) is 13.2 Å². The molecule has 6 atom stereocenters. The number of carboxylic acids is 1. The number of carbonyl (C=O) groups is 3. The van der Waals surface area contributed by atoms with Crippen molar-refractivity contribution in [3.05, 3.63) is 136 Å². The van der Waals surface area contributed by atoms with E-state index in [2.05, 4.69) is 47.2 Å². The molecule has 4 heterocycles. The Labute approximate surface area is 382 Å². The van der Waals surface area contributed by atoms with Crippen LogP contribution in [-0.4, -0.2) is 94.9 Å². The van der Waals surface area contributed by atoms with E-state index in [-0.39, 0.29) is 42.1 Å². The minimum absolute atomic E-state index is 0.0480. The van der Waals surface area contributed by atoms with Crippen LogP contribution in [-0.2, 0) is 32.0 Å². The second kappa shape index (κ2) is 19.2. The Kier molecular flexibility index (Phi) is 13.4. The number of morpholine rings is 1. The molecule has 3 aliphatic heterocycles. The maximum absolute atomic E-state index is 13.3. The molecule has 9 rings (SSSR count). The van der Waals surface area contributed by atoms with E-state index in [1.165, 1.54) is 12.1 Å². The number of fused-ring (bicyclic) bond motifs is 7. The number of phenols is 1. The van der Waals surface area contributed by atoms with Gasteiger partial charge in [-0.3, -0.25) is 14.9 Å². The fourth-order valence-corrected chi connectivity index (χ4v) is 9.48. The van der Waals surface area contributed by atoms with E-state index in [0.717, 1.165) is 56.0 Å². The van der Waals surface area contributed by atoms with Gasteiger partial charge in [0.1, 0.15) is 42.1 Å². The molecule has 6 aromatic rings. The number of aliphatic carboxylic acids is 1. The summed E-state index contributed by atoms with van der Waals surface area (Å²) < 4.78 is 44.4. The number of H-pyrrole nitrogens is 1. The number of rotatable bonds is 13. The highest BCUT2D eigenvalue weighted by atomic mass is 19.4. The fourth-order valence-electron chi connectivity index (χ4n) is 9.48. The minimum atomic E-state index is -5.19. The first kappa shape index (κ1) is 46.7. The average Bonchev–Trinajstić information content (AvgIpc) is 4.06. The van der Waals surface area contributed by atoms with Gasteiger partial charge in [-0.25, -0.2) is 4.79 Å². The lowest BCUT2D eigenvalue weighted by atomic mass is 9.96. The van der Waals surface area contributed by atoms with Gasteiger partial charge in [0.05, 0.1) is 31.4 Å². The van der Waals surface area contributed by atoms with Crippen molar-refractivity contribution in [3.63, 3.8) is 0 Å². The van der Waals surface area contributed by atoms with Crippen LogP contribution < -0.4 is 26.6 Å². The lowest BCUT2D eigenvalue weighted by Crippen LogP contribution is -2.60. The van der Waals surface area contributed by atoms with E-state index in [9.17, 15) is 37.8 Å². The number of hydrogen-bond donors (Lipinski definition) is 6. The number of anilines is 2.